The molecular formula is C19H34O6. The lowest BCUT2D eigenvalue weighted by Crippen LogP contribution is -2.20. The first kappa shape index (κ1) is 23.9. The molecule has 0 saturated carbocycles. The van der Waals surface area contributed by atoms with Gasteiger partial charge < -0.3 is 23.7 Å². The Morgan fingerprint density at radius 3 is 1.88 bits per heavy atom. The number of hydrogen-bond donors (Lipinski definition) is 0. The summed E-state index contributed by atoms with van der Waals surface area (Å²) in [6.07, 6.45) is 8.93. The lowest BCUT2D eigenvalue weighted by Gasteiger charge is -2.13. The van der Waals surface area contributed by atoms with E-state index in [1.165, 1.54) is 0 Å². The summed E-state index contributed by atoms with van der Waals surface area (Å²) >= 11 is 0. The third kappa shape index (κ3) is 16.1. The Bertz CT molecular complexity index is 339. The van der Waals surface area contributed by atoms with Crippen molar-refractivity contribution < 1.29 is 28.5 Å². The molecule has 0 aromatic carbocycles. The maximum absolute atomic E-state index is 11.9. The number of esters is 1. The molecule has 0 heterocycles. The van der Waals surface area contributed by atoms with E-state index >= 15 is 0 Å². The summed E-state index contributed by atoms with van der Waals surface area (Å²) in [5, 5.41) is 0. The van der Waals surface area contributed by atoms with Crippen molar-refractivity contribution in [3.63, 3.8) is 0 Å². The maximum Gasteiger partial charge on any atom is 0.308 e. The molecule has 0 N–H and O–H groups in total. The van der Waals surface area contributed by atoms with Gasteiger partial charge in [0, 0.05) is 0 Å². The average molecular weight is 358 g/mol. The van der Waals surface area contributed by atoms with E-state index < -0.39 is 0 Å². The number of unbranched alkanes of at least 4 members (excludes halogenated alkanes) is 1. The van der Waals surface area contributed by atoms with Gasteiger partial charge in [-0.25, -0.2) is 0 Å². The van der Waals surface area contributed by atoms with Crippen LogP contribution in [-0.4, -0.2) is 65.4 Å². The summed E-state index contributed by atoms with van der Waals surface area (Å²) in [5.41, 5.74) is 0. The van der Waals surface area contributed by atoms with Crippen molar-refractivity contribution in [1.82, 2.24) is 0 Å². The van der Waals surface area contributed by atoms with Crippen LogP contribution in [0.2, 0.25) is 0 Å². The first-order valence-corrected chi connectivity index (χ1v) is 9.17. The van der Waals surface area contributed by atoms with Gasteiger partial charge in [-0.1, -0.05) is 32.6 Å². The fourth-order valence-electron chi connectivity index (χ4n) is 2.05. The Labute approximate surface area is 152 Å². The molecule has 6 heteroatoms. The summed E-state index contributed by atoms with van der Waals surface area (Å²) < 4.78 is 26.3. The van der Waals surface area contributed by atoms with Crippen LogP contribution in [0.15, 0.2) is 0 Å². The first-order valence-electron chi connectivity index (χ1n) is 9.17. The molecule has 0 spiro atoms. The third-order valence-corrected chi connectivity index (χ3v) is 3.51. The Kier molecular flexibility index (Phi) is 18.3. The molecule has 6 nitrogen and oxygen atoms in total. The van der Waals surface area contributed by atoms with Crippen molar-refractivity contribution in [2.75, 3.05) is 59.5 Å². The SMILES string of the molecule is C#CCOCCOCCOCCOCCOC(=O)C(CC)CCCC. The highest BCUT2D eigenvalue weighted by Gasteiger charge is 2.16. The van der Waals surface area contributed by atoms with Crippen molar-refractivity contribution >= 4 is 5.97 Å². The van der Waals surface area contributed by atoms with Gasteiger partial charge in [0.25, 0.3) is 0 Å². The topological polar surface area (TPSA) is 63.2 Å². The minimum Gasteiger partial charge on any atom is -0.463 e. The normalized spacial score (nSPS) is 11.9. The molecule has 0 aromatic rings. The van der Waals surface area contributed by atoms with Gasteiger partial charge in [0.05, 0.1) is 52.2 Å². The molecule has 1 atom stereocenters. The molecule has 0 aromatic heterocycles. The van der Waals surface area contributed by atoms with E-state index in [0.717, 1.165) is 25.7 Å². The summed E-state index contributed by atoms with van der Waals surface area (Å²) in [7, 11) is 0. The molecular weight excluding hydrogens is 324 g/mol. The van der Waals surface area contributed by atoms with Gasteiger partial charge in [-0.05, 0) is 12.8 Å². The van der Waals surface area contributed by atoms with Gasteiger partial charge in [0.1, 0.15) is 13.2 Å². The zero-order valence-corrected chi connectivity index (χ0v) is 15.8. The Balaban J connectivity index is 3.30. The third-order valence-electron chi connectivity index (χ3n) is 3.51. The Hall–Kier alpha value is -1.13. The van der Waals surface area contributed by atoms with E-state index in [1.54, 1.807) is 0 Å². The molecule has 0 rings (SSSR count). The lowest BCUT2D eigenvalue weighted by molar-refractivity contribution is -0.150. The van der Waals surface area contributed by atoms with Crippen molar-refractivity contribution in [3.05, 3.63) is 0 Å². The molecule has 0 amide bonds. The second-order valence-electron chi connectivity index (χ2n) is 5.51. The highest BCUT2D eigenvalue weighted by Crippen LogP contribution is 2.14. The van der Waals surface area contributed by atoms with Gasteiger partial charge in [0.15, 0.2) is 0 Å². The van der Waals surface area contributed by atoms with E-state index in [2.05, 4.69) is 12.8 Å². The second-order valence-corrected chi connectivity index (χ2v) is 5.51. The molecule has 0 aliphatic carbocycles. The summed E-state index contributed by atoms with van der Waals surface area (Å²) in [6.45, 7) is 8.09. The molecule has 0 fully saturated rings. The van der Waals surface area contributed by atoms with Crippen LogP contribution in [0.3, 0.4) is 0 Å². The van der Waals surface area contributed by atoms with Gasteiger partial charge in [0.2, 0.25) is 0 Å². The highest BCUT2D eigenvalue weighted by atomic mass is 16.6. The second kappa shape index (κ2) is 19.2. The van der Waals surface area contributed by atoms with E-state index in [1.807, 2.05) is 6.92 Å². The van der Waals surface area contributed by atoms with Gasteiger partial charge in [-0.15, -0.1) is 6.42 Å². The predicted molar refractivity (Wildman–Crippen MR) is 96.4 cm³/mol. The number of hydrogen-bond acceptors (Lipinski definition) is 6. The lowest BCUT2D eigenvalue weighted by atomic mass is 10.00. The van der Waals surface area contributed by atoms with Gasteiger partial charge in [-0.2, -0.15) is 0 Å². The number of carbonyl (C=O) groups excluding carboxylic acids is 1. The van der Waals surface area contributed by atoms with E-state index in [0.29, 0.717) is 59.5 Å². The molecule has 0 radical (unpaired) electrons. The van der Waals surface area contributed by atoms with E-state index in [9.17, 15) is 4.79 Å². The van der Waals surface area contributed by atoms with Crippen LogP contribution in [0.4, 0.5) is 0 Å². The van der Waals surface area contributed by atoms with Crippen LogP contribution in [0.1, 0.15) is 39.5 Å². The molecule has 1 unspecified atom stereocenters. The number of ether oxygens (including phenoxy) is 5. The largest absolute Gasteiger partial charge is 0.463 e. The zero-order valence-electron chi connectivity index (χ0n) is 15.8. The zero-order chi connectivity index (χ0) is 18.6. The number of rotatable bonds is 18. The molecule has 146 valence electrons. The minimum absolute atomic E-state index is 0.0141. The summed E-state index contributed by atoms with van der Waals surface area (Å²) in [6, 6.07) is 0. The first-order chi connectivity index (χ1) is 12.3. The fraction of sp³-hybridized carbons (Fsp3) is 0.842. The van der Waals surface area contributed by atoms with Crippen LogP contribution < -0.4 is 0 Å². The monoisotopic (exact) mass is 358 g/mol. The van der Waals surface area contributed by atoms with E-state index in [4.69, 9.17) is 30.1 Å². The van der Waals surface area contributed by atoms with Gasteiger partial charge >= 0.3 is 5.97 Å². The molecule has 0 bridgehead atoms. The average Bonchev–Trinajstić information content (AvgIpc) is 2.62. The predicted octanol–water partition coefficient (Wildman–Crippen LogP) is 2.45. The molecule has 0 aliphatic heterocycles. The van der Waals surface area contributed by atoms with Crippen LogP contribution in [0, 0.1) is 18.3 Å². The number of terminal acetylenes is 1. The van der Waals surface area contributed by atoms with Crippen LogP contribution in [-0.2, 0) is 28.5 Å². The van der Waals surface area contributed by atoms with Crippen LogP contribution in [0.5, 0.6) is 0 Å². The standard InChI is InChI=1S/C19H34O6/c1-4-7-8-18(6-3)19(20)25-17-16-24-15-14-23-13-12-22-11-10-21-9-5-2/h2,18H,4,6-17H2,1,3H3. The molecule has 25 heavy (non-hydrogen) atoms. The smallest absolute Gasteiger partial charge is 0.308 e. The van der Waals surface area contributed by atoms with Crippen molar-refractivity contribution in [2.45, 2.75) is 39.5 Å². The van der Waals surface area contributed by atoms with E-state index in [-0.39, 0.29) is 11.9 Å². The Morgan fingerprint density at radius 1 is 0.880 bits per heavy atom. The van der Waals surface area contributed by atoms with Crippen LogP contribution in [0.25, 0.3) is 0 Å². The quantitative estimate of drug-likeness (QED) is 0.213. The highest BCUT2D eigenvalue weighted by molar-refractivity contribution is 5.72. The fourth-order valence-corrected chi connectivity index (χ4v) is 2.05. The number of carbonyl (C=O) groups is 1. The minimum atomic E-state index is -0.112. The van der Waals surface area contributed by atoms with Crippen molar-refractivity contribution in [2.24, 2.45) is 5.92 Å². The molecule has 0 saturated heterocycles. The van der Waals surface area contributed by atoms with Crippen LogP contribution >= 0.6 is 0 Å². The van der Waals surface area contributed by atoms with Gasteiger partial charge in [-0.3, -0.25) is 4.79 Å². The summed E-state index contributed by atoms with van der Waals surface area (Å²) in [4.78, 5) is 11.9. The maximum atomic E-state index is 11.9. The molecule has 0 aliphatic rings. The Morgan fingerprint density at radius 2 is 1.40 bits per heavy atom. The van der Waals surface area contributed by atoms with Crippen molar-refractivity contribution in [1.29, 1.82) is 0 Å². The van der Waals surface area contributed by atoms with Crippen molar-refractivity contribution in [3.8, 4) is 12.3 Å². The summed E-state index contributed by atoms with van der Waals surface area (Å²) in [5.74, 6) is 2.29.